The summed E-state index contributed by atoms with van der Waals surface area (Å²) in [5.74, 6) is 0.568. The van der Waals surface area contributed by atoms with Crippen LogP contribution < -0.4 is 10.6 Å². The topological polar surface area (TPSA) is 24.1 Å². The number of aryl methyl sites for hydroxylation is 1. The predicted octanol–water partition coefficient (Wildman–Crippen LogP) is 4.67. The molecule has 2 nitrogen and oxygen atoms in total. The van der Waals surface area contributed by atoms with E-state index in [1.54, 1.807) is 11.8 Å². The van der Waals surface area contributed by atoms with Gasteiger partial charge >= 0.3 is 0 Å². The molecular formula is C18H19ClN2S. The van der Waals surface area contributed by atoms with Crippen molar-refractivity contribution in [3.05, 3.63) is 52.5 Å². The summed E-state index contributed by atoms with van der Waals surface area (Å²) in [5.41, 5.74) is 3.94. The molecule has 4 rings (SSSR count). The van der Waals surface area contributed by atoms with Crippen LogP contribution in [0.25, 0.3) is 0 Å². The van der Waals surface area contributed by atoms with Crippen molar-refractivity contribution >= 4 is 29.1 Å². The molecule has 0 bridgehead atoms. The average molecular weight is 331 g/mol. The minimum Gasteiger partial charge on any atom is -0.380 e. The van der Waals surface area contributed by atoms with Crippen LogP contribution >= 0.6 is 23.4 Å². The molecule has 0 spiro atoms. The van der Waals surface area contributed by atoms with Gasteiger partial charge in [0.2, 0.25) is 0 Å². The van der Waals surface area contributed by atoms with Crippen molar-refractivity contribution in [1.29, 1.82) is 0 Å². The van der Waals surface area contributed by atoms with Crippen molar-refractivity contribution in [2.24, 2.45) is 0 Å². The molecule has 0 aromatic heterocycles. The van der Waals surface area contributed by atoms with Crippen molar-refractivity contribution in [2.45, 2.75) is 35.1 Å². The number of anilines is 1. The van der Waals surface area contributed by atoms with E-state index in [4.69, 9.17) is 11.6 Å². The Hall–Kier alpha value is -1.16. The third kappa shape index (κ3) is 2.51. The molecule has 2 aromatic carbocycles. The maximum Gasteiger partial charge on any atom is 0.0566 e. The molecule has 2 atom stereocenters. The lowest BCUT2D eigenvalue weighted by Gasteiger charge is -2.26. The Balaban J connectivity index is 1.71. The molecule has 0 radical (unpaired) electrons. The van der Waals surface area contributed by atoms with Crippen molar-refractivity contribution < 1.29 is 0 Å². The minimum atomic E-state index is 0.548. The Bertz CT molecular complexity index is 699. The number of nitrogens with one attached hydrogen (secondary N) is 2. The van der Waals surface area contributed by atoms with Gasteiger partial charge in [-0.05, 0) is 43.7 Å². The summed E-state index contributed by atoms with van der Waals surface area (Å²) >= 11 is 8.27. The van der Waals surface area contributed by atoms with Crippen LogP contribution in [0.2, 0.25) is 5.02 Å². The van der Waals surface area contributed by atoms with Gasteiger partial charge in [-0.25, -0.2) is 0 Å². The second kappa shape index (κ2) is 5.80. The van der Waals surface area contributed by atoms with E-state index >= 15 is 0 Å². The second-order valence-corrected chi connectivity index (χ2v) is 7.60. The largest absolute Gasteiger partial charge is 0.380 e. The van der Waals surface area contributed by atoms with E-state index in [2.05, 4.69) is 54.0 Å². The molecule has 1 fully saturated rings. The highest BCUT2D eigenvalue weighted by Crippen LogP contribution is 2.48. The summed E-state index contributed by atoms with van der Waals surface area (Å²) in [6.45, 7) is 4.26. The van der Waals surface area contributed by atoms with E-state index in [9.17, 15) is 0 Å². The maximum absolute atomic E-state index is 6.51. The molecule has 4 heteroatoms. The van der Waals surface area contributed by atoms with Crippen LogP contribution in [0.1, 0.15) is 23.5 Å². The van der Waals surface area contributed by atoms with Gasteiger partial charge in [0.15, 0.2) is 0 Å². The van der Waals surface area contributed by atoms with E-state index in [0.29, 0.717) is 12.0 Å². The zero-order valence-corrected chi connectivity index (χ0v) is 14.1. The van der Waals surface area contributed by atoms with Crippen LogP contribution in [-0.2, 0) is 0 Å². The van der Waals surface area contributed by atoms with Crippen LogP contribution in [0.4, 0.5) is 5.69 Å². The number of benzene rings is 2. The fourth-order valence-corrected chi connectivity index (χ4v) is 4.62. The fraction of sp³-hybridized carbons (Fsp3) is 0.333. The molecule has 2 unspecified atom stereocenters. The first-order chi connectivity index (χ1) is 10.7. The third-order valence-electron chi connectivity index (χ3n) is 4.59. The van der Waals surface area contributed by atoms with Gasteiger partial charge in [0, 0.05) is 23.4 Å². The summed E-state index contributed by atoms with van der Waals surface area (Å²) < 4.78 is 0. The maximum atomic E-state index is 6.51. The molecule has 2 N–H and O–H groups in total. The molecule has 22 heavy (non-hydrogen) atoms. The average Bonchev–Trinajstić information content (AvgIpc) is 2.91. The minimum absolute atomic E-state index is 0.548. The Morgan fingerprint density at radius 3 is 2.77 bits per heavy atom. The molecular weight excluding hydrogens is 312 g/mol. The van der Waals surface area contributed by atoms with Crippen molar-refractivity contribution in [1.82, 2.24) is 5.32 Å². The second-order valence-electron chi connectivity index (χ2n) is 6.11. The van der Waals surface area contributed by atoms with Crippen LogP contribution in [0.5, 0.6) is 0 Å². The highest BCUT2D eigenvalue weighted by atomic mass is 35.5. The number of fused-ring (bicyclic) bond motifs is 3. The summed E-state index contributed by atoms with van der Waals surface area (Å²) in [6, 6.07) is 13.4. The molecule has 2 aromatic rings. The quantitative estimate of drug-likeness (QED) is 0.836. The number of hydrogen-bond donors (Lipinski definition) is 2. The highest BCUT2D eigenvalue weighted by molar-refractivity contribution is 7.99. The first-order valence-electron chi connectivity index (χ1n) is 7.76. The summed E-state index contributed by atoms with van der Waals surface area (Å²) in [5, 5.41) is 8.08. The summed E-state index contributed by atoms with van der Waals surface area (Å²) in [6.07, 6.45) is 1.17. The Labute approximate surface area is 140 Å². The smallest absolute Gasteiger partial charge is 0.0566 e. The molecule has 0 aliphatic carbocycles. The number of hydrogen-bond acceptors (Lipinski definition) is 3. The van der Waals surface area contributed by atoms with Gasteiger partial charge in [-0.3, -0.25) is 0 Å². The van der Waals surface area contributed by atoms with Gasteiger partial charge < -0.3 is 10.6 Å². The molecule has 1 saturated heterocycles. The van der Waals surface area contributed by atoms with E-state index in [1.165, 1.54) is 28.1 Å². The molecule has 0 saturated carbocycles. The van der Waals surface area contributed by atoms with Gasteiger partial charge in [-0.1, -0.05) is 47.1 Å². The number of piperidine rings is 1. The van der Waals surface area contributed by atoms with E-state index in [-0.39, 0.29) is 0 Å². The lowest BCUT2D eigenvalue weighted by Crippen LogP contribution is -2.38. The standard InChI is InChI=1S/C18H19ClN2S/c1-11-2-4-12(5-3-11)22-18-15(19)7-6-13-14-10-20-9-8-16(14)21-17(13)18/h2-7,14,16,20-21H,8-10H2,1H3. The Morgan fingerprint density at radius 1 is 1.14 bits per heavy atom. The van der Waals surface area contributed by atoms with Gasteiger partial charge in [-0.2, -0.15) is 0 Å². The van der Waals surface area contributed by atoms with Gasteiger partial charge in [0.05, 0.1) is 15.6 Å². The van der Waals surface area contributed by atoms with Crippen LogP contribution in [0.3, 0.4) is 0 Å². The van der Waals surface area contributed by atoms with Crippen LogP contribution in [-0.4, -0.2) is 19.1 Å². The number of rotatable bonds is 2. The molecule has 2 aliphatic heterocycles. The first kappa shape index (κ1) is 14.4. The zero-order valence-electron chi connectivity index (χ0n) is 12.5. The molecule has 0 amide bonds. The van der Waals surface area contributed by atoms with Gasteiger partial charge in [0.1, 0.15) is 0 Å². The SMILES string of the molecule is Cc1ccc(Sc2c(Cl)ccc3c2NC2CCNCC32)cc1. The Morgan fingerprint density at radius 2 is 1.95 bits per heavy atom. The predicted molar refractivity (Wildman–Crippen MR) is 94.4 cm³/mol. The van der Waals surface area contributed by atoms with E-state index in [0.717, 1.165) is 23.0 Å². The molecule has 2 aliphatic rings. The van der Waals surface area contributed by atoms with Crippen molar-refractivity contribution in [2.75, 3.05) is 18.4 Å². The normalized spacial score (nSPS) is 22.8. The molecule has 114 valence electrons. The van der Waals surface area contributed by atoms with Crippen LogP contribution in [0.15, 0.2) is 46.2 Å². The van der Waals surface area contributed by atoms with Crippen molar-refractivity contribution in [3.8, 4) is 0 Å². The first-order valence-corrected chi connectivity index (χ1v) is 8.96. The van der Waals surface area contributed by atoms with Gasteiger partial charge in [0.25, 0.3) is 0 Å². The molecule has 2 heterocycles. The van der Waals surface area contributed by atoms with Crippen molar-refractivity contribution in [3.63, 3.8) is 0 Å². The van der Waals surface area contributed by atoms with Gasteiger partial charge in [-0.15, -0.1) is 0 Å². The Kier molecular flexibility index (Phi) is 3.81. The number of halogens is 1. The van der Waals surface area contributed by atoms with E-state index < -0.39 is 0 Å². The van der Waals surface area contributed by atoms with Crippen LogP contribution in [0, 0.1) is 6.92 Å². The fourth-order valence-electron chi connectivity index (χ4n) is 3.40. The zero-order chi connectivity index (χ0) is 15.1. The summed E-state index contributed by atoms with van der Waals surface area (Å²) in [4.78, 5) is 2.40. The lowest BCUT2D eigenvalue weighted by molar-refractivity contribution is 0.440. The lowest BCUT2D eigenvalue weighted by atomic mass is 9.91. The summed E-state index contributed by atoms with van der Waals surface area (Å²) in [7, 11) is 0. The van der Waals surface area contributed by atoms with E-state index in [1.807, 2.05) is 0 Å². The monoisotopic (exact) mass is 330 g/mol. The third-order valence-corrected chi connectivity index (χ3v) is 6.16. The highest BCUT2D eigenvalue weighted by Gasteiger charge is 2.35.